The first-order chi connectivity index (χ1) is 9.43. The average Bonchev–Trinajstić information content (AvgIpc) is 2.38. The zero-order valence-electron chi connectivity index (χ0n) is 12.2. The largest absolute Gasteiger partial charge is 0.481 e. The van der Waals surface area contributed by atoms with Gasteiger partial charge in [0.15, 0.2) is 0 Å². The molecule has 1 aromatic rings. The van der Waals surface area contributed by atoms with E-state index in [2.05, 4.69) is 16.4 Å². The van der Waals surface area contributed by atoms with E-state index in [0.29, 0.717) is 17.8 Å². The molecule has 0 aromatic carbocycles. The van der Waals surface area contributed by atoms with Crippen molar-refractivity contribution in [1.29, 1.82) is 5.26 Å². The summed E-state index contributed by atoms with van der Waals surface area (Å²) in [5.74, 6) is -0.460. The van der Waals surface area contributed by atoms with Gasteiger partial charge in [-0.15, -0.1) is 0 Å². The predicted molar refractivity (Wildman–Crippen MR) is 77.4 cm³/mol. The molecule has 1 heterocycles. The molecule has 0 bridgehead atoms. The Morgan fingerprint density at radius 3 is 2.75 bits per heavy atom. The molecule has 0 radical (unpaired) electrons. The Labute approximate surface area is 119 Å². The number of carboxylic acids is 1. The maximum absolute atomic E-state index is 10.7. The van der Waals surface area contributed by atoms with Crippen molar-refractivity contribution in [3.63, 3.8) is 0 Å². The lowest BCUT2D eigenvalue weighted by Crippen LogP contribution is -2.18. The molecule has 0 aliphatic rings. The molecule has 1 rings (SSSR count). The number of carbonyl (C=O) groups is 1. The van der Waals surface area contributed by atoms with E-state index in [1.54, 1.807) is 13.0 Å². The van der Waals surface area contributed by atoms with Gasteiger partial charge in [-0.3, -0.25) is 4.79 Å². The van der Waals surface area contributed by atoms with E-state index >= 15 is 0 Å². The molecular weight excluding hydrogens is 254 g/mol. The molecule has 0 spiro atoms. The lowest BCUT2D eigenvalue weighted by Gasteiger charge is -2.16. The fraction of sp³-hybridized carbons (Fsp3) is 0.533. The Bertz CT molecular complexity index is 508. The Morgan fingerprint density at radius 1 is 1.45 bits per heavy atom. The van der Waals surface area contributed by atoms with Gasteiger partial charge in [0.2, 0.25) is 0 Å². The number of nitrogens with zero attached hydrogens (tertiary/aromatic N) is 2. The highest BCUT2D eigenvalue weighted by Crippen LogP contribution is 2.16. The summed E-state index contributed by atoms with van der Waals surface area (Å²) in [7, 11) is 0. The van der Waals surface area contributed by atoms with Crippen molar-refractivity contribution < 1.29 is 9.90 Å². The molecule has 108 valence electrons. The number of carboxylic acid groups (broad SMARTS) is 1. The highest BCUT2D eigenvalue weighted by Gasteiger charge is 2.12. The number of pyridine rings is 1. The molecule has 0 saturated carbocycles. The second kappa shape index (κ2) is 7.49. The number of hydrogen-bond acceptors (Lipinski definition) is 4. The minimum absolute atomic E-state index is 0.150. The fourth-order valence-electron chi connectivity index (χ4n) is 1.92. The van der Waals surface area contributed by atoms with E-state index < -0.39 is 5.97 Å². The average molecular weight is 275 g/mol. The van der Waals surface area contributed by atoms with E-state index in [0.717, 1.165) is 18.5 Å². The zero-order chi connectivity index (χ0) is 15.1. The Morgan fingerprint density at radius 2 is 2.15 bits per heavy atom. The van der Waals surface area contributed by atoms with Crippen LogP contribution in [0.4, 0.5) is 5.82 Å². The second-order valence-corrected chi connectivity index (χ2v) is 5.18. The summed E-state index contributed by atoms with van der Waals surface area (Å²) in [4.78, 5) is 15.1. The molecule has 0 aliphatic carbocycles. The highest BCUT2D eigenvalue weighted by molar-refractivity contribution is 5.69. The number of aromatic nitrogens is 1. The first kappa shape index (κ1) is 16.0. The van der Waals surface area contributed by atoms with E-state index in [4.69, 9.17) is 10.4 Å². The van der Waals surface area contributed by atoms with Crippen molar-refractivity contribution in [2.75, 3.05) is 5.32 Å². The Kier molecular flexibility index (Phi) is 5.98. The number of hydrogen-bond donors (Lipinski definition) is 2. The highest BCUT2D eigenvalue weighted by atomic mass is 16.4. The maximum Gasteiger partial charge on any atom is 0.306 e. The number of rotatable bonds is 7. The number of aryl methyl sites for hydroxylation is 1. The summed E-state index contributed by atoms with van der Waals surface area (Å²) in [5.41, 5.74) is 1.39. The number of nitrogens with one attached hydrogen (secondary N) is 1. The Hall–Kier alpha value is -2.09. The van der Waals surface area contributed by atoms with E-state index in [1.807, 2.05) is 19.9 Å². The third kappa shape index (κ3) is 4.88. The molecule has 0 saturated heterocycles. The van der Waals surface area contributed by atoms with Crippen LogP contribution in [-0.2, 0) is 4.79 Å². The van der Waals surface area contributed by atoms with Crippen LogP contribution < -0.4 is 5.32 Å². The molecule has 2 N–H and O–H groups in total. The fourth-order valence-corrected chi connectivity index (χ4v) is 1.92. The second-order valence-electron chi connectivity index (χ2n) is 5.18. The summed E-state index contributed by atoms with van der Waals surface area (Å²) >= 11 is 0. The SMILES string of the molecule is Cc1ccc(C#N)c(NC(C)CCCC(C)C(=O)O)n1. The molecule has 20 heavy (non-hydrogen) atoms. The van der Waals surface area contributed by atoms with Crippen molar-refractivity contribution in [2.45, 2.75) is 46.1 Å². The van der Waals surface area contributed by atoms with Gasteiger partial charge in [0.1, 0.15) is 11.9 Å². The van der Waals surface area contributed by atoms with E-state index in [-0.39, 0.29) is 12.0 Å². The van der Waals surface area contributed by atoms with E-state index in [1.165, 1.54) is 0 Å². The molecule has 2 atom stereocenters. The quantitative estimate of drug-likeness (QED) is 0.799. The summed E-state index contributed by atoms with van der Waals surface area (Å²) in [6.45, 7) is 5.61. The molecule has 0 amide bonds. The van der Waals surface area contributed by atoms with Crippen molar-refractivity contribution in [3.8, 4) is 6.07 Å². The first-order valence-electron chi connectivity index (χ1n) is 6.81. The molecule has 0 fully saturated rings. The van der Waals surface area contributed by atoms with Gasteiger partial charge >= 0.3 is 5.97 Å². The smallest absolute Gasteiger partial charge is 0.306 e. The number of aliphatic carboxylic acids is 1. The van der Waals surface area contributed by atoms with Crippen LogP contribution in [-0.4, -0.2) is 22.1 Å². The maximum atomic E-state index is 10.7. The van der Waals surface area contributed by atoms with Crippen LogP contribution in [0.2, 0.25) is 0 Å². The standard InChI is InChI=1S/C15H21N3O2/c1-10(15(19)20)5-4-6-11(2)17-14-13(9-16)8-7-12(3)18-14/h7-8,10-11H,4-6H2,1-3H3,(H,17,18)(H,19,20). The van der Waals surface area contributed by atoms with Crippen LogP contribution in [0, 0.1) is 24.2 Å². The lowest BCUT2D eigenvalue weighted by atomic mass is 10.0. The summed E-state index contributed by atoms with van der Waals surface area (Å²) in [6.07, 6.45) is 2.33. The van der Waals surface area contributed by atoms with Crippen molar-refractivity contribution in [1.82, 2.24) is 4.98 Å². The number of nitriles is 1. The summed E-state index contributed by atoms with van der Waals surface area (Å²) in [6, 6.07) is 5.83. The summed E-state index contributed by atoms with van der Waals surface area (Å²) < 4.78 is 0. The molecular formula is C15H21N3O2. The van der Waals surface area contributed by atoms with Gasteiger partial charge in [0.05, 0.1) is 11.5 Å². The molecule has 0 aliphatic heterocycles. The molecule has 1 aromatic heterocycles. The summed E-state index contributed by atoms with van der Waals surface area (Å²) in [5, 5.41) is 21.1. The van der Waals surface area contributed by atoms with Crippen LogP contribution in [0.25, 0.3) is 0 Å². The lowest BCUT2D eigenvalue weighted by molar-refractivity contribution is -0.141. The molecule has 5 nitrogen and oxygen atoms in total. The van der Waals surface area contributed by atoms with Crippen molar-refractivity contribution >= 4 is 11.8 Å². The number of anilines is 1. The zero-order valence-corrected chi connectivity index (χ0v) is 12.2. The van der Waals surface area contributed by atoms with Gasteiger partial charge in [-0.2, -0.15) is 5.26 Å². The first-order valence-corrected chi connectivity index (χ1v) is 6.81. The predicted octanol–water partition coefficient (Wildman–Crippen LogP) is 2.95. The van der Waals surface area contributed by atoms with Crippen LogP contribution >= 0.6 is 0 Å². The van der Waals surface area contributed by atoms with Gasteiger partial charge in [0.25, 0.3) is 0 Å². The molecule has 5 heteroatoms. The van der Waals surface area contributed by atoms with Gasteiger partial charge in [-0.1, -0.05) is 13.3 Å². The third-order valence-corrected chi connectivity index (χ3v) is 3.23. The van der Waals surface area contributed by atoms with Gasteiger partial charge in [-0.05, 0) is 38.8 Å². The normalized spacial score (nSPS) is 13.3. The van der Waals surface area contributed by atoms with Crippen molar-refractivity contribution in [2.24, 2.45) is 5.92 Å². The van der Waals surface area contributed by atoms with Crippen LogP contribution in [0.5, 0.6) is 0 Å². The minimum atomic E-state index is -0.752. The van der Waals surface area contributed by atoms with Gasteiger partial charge in [0, 0.05) is 11.7 Å². The van der Waals surface area contributed by atoms with Gasteiger partial charge < -0.3 is 10.4 Å². The van der Waals surface area contributed by atoms with E-state index in [9.17, 15) is 4.79 Å². The van der Waals surface area contributed by atoms with Crippen LogP contribution in [0.1, 0.15) is 44.4 Å². The topological polar surface area (TPSA) is 86.0 Å². The monoisotopic (exact) mass is 275 g/mol. The third-order valence-electron chi connectivity index (χ3n) is 3.23. The molecule has 2 unspecified atom stereocenters. The van der Waals surface area contributed by atoms with Gasteiger partial charge in [-0.25, -0.2) is 4.98 Å². The Balaban J connectivity index is 2.50. The van der Waals surface area contributed by atoms with Crippen molar-refractivity contribution in [3.05, 3.63) is 23.4 Å². The minimum Gasteiger partial charge on any atom is -0.481 e. The van der Waals surface area contributed by atoms with Crippen LogP contribution in [0.15, 0.2) is 12.1 Å². The van der Waals surface area contributed by atoms with Crippen LogP contribution in [0.3, 0.4) is 0 Å².